The summed E-state index contributed by atoms with van der Waals surface area (Å²) < 4.78 is 25.8. The first kappa shape index (κ1) is 32.6. The van der Waals surface area contributed by atoms with E-state index in [1.165, 1.54) is 40.1 Å². The number of thiazole rings is 1. The molecule has 9 nitrogen and oxygen atoms in total. The lowest BCUT2D eigenvalue weighted by atomic mass is 9.95. The molecule has 0 spiro atoms. The van der Waals surface area contributed by atoms with Crippen molar-refractivity contribution in [2.45, 2.75) is 63.1 Å². The summed E-state index contributed by atoms with van der Waals surface area (Å²) in [6.07, 6.45) is 3.00. The lowest BCUT2D eigenvalue weighted by Gasteiger charge is -2.25. The molecule has 4 aromatic rings. The Balaban J connectivity index is 1.52. The van der Waals surface area contributed by atoms with E-state index in [0.717, 1.165) is 36.2 Å². The van der Waals surface area contributed by atoms with Gasteiger partial charge >= 0.3 is 0 Å². The minimum Gasteiger partial charge on any atom is -0.503 e. The van der Waals surface area contributed by atoms with Gasteiger partial charge in [0.1, 0.15) is 5.82 Å². The molecule has 0 radical (unpaired) electrons. The first-order valence-electron chi connectivity index (χ1n) is 14.6. The molecule has 3 heterocycles. The van der Waals surface area contributed by atoms with Crippen molar-refractivity contribution in [2.24, 2.45) is 0 Å². The van der Waals surface area contributed by atoms with Gasteiger partial charge in [0.25, 0.3) is 5.91 Å². The van der Waals surface area contributed by atoms with E-state index >= 15 is 0 Å². The fourth-order valence-corrected chi connectivity index (χ4v) is 7.61. The standard InChI is InChI=1S/C32H33FN4O5S3/c1-5-7-8-15-42-23-14-11-21(16-24(23)41-6-2)26-25(27(38)29-18(3)34-19(4)44-29)28(39)30(40)37(26)31-35-36-32(45-31)43-17-20-9-12-22(33)13-10-20/h9-14,16,26,39H,5-8,15,17H2,1-4H3. The monoisotopic (exact) mass is 668 g/mol. The maximum atomic E-state index is 14.0. The zero-order valence-electron chi connectivity index (χ0n) is 25.3. The molecular formula is C32H33FN4O5S3. The maximum absolute atomic E-state index is 14.0. The number of rotatable bonds is 14. The Labute approximate surface area is 273 Å². The number of anilines is 1. The van der Waals surface area contributed by atoms with E-state index in [1.807, 2.05) is 6.92 Å². The topological polar surface area (TPSA) is 115 Å². The number of halogens is 1. The molecule has 1 N–H and O–H groups in total. The van der Waals surface area contributed by atoms with E-state index < -0.39 is 23.5 Å². The highest BCUT2D eigenvalue weighted by atomic mass is 32.2. The second kappa shape index (κ2) is 14.5. The Bertz CT molecular complexity index is 1720. The zero-order valence-corrected chi connectivity index (χ0v) is 27.8. The number of hydrogen-bond donors (Lipinski definition) is 1. The molecule has 236 valence electrons. The number of carbonyl (C=O) groups excluding carboxylic acids is 2. The fourth-order valence-electron chi connectivity index (χ4n) is 4.91. The Morgan fingerprint density at radius 2 is 1.82 bits per heavy atom. The van der Waals surface area contributed by atoms with Crippen molar-refractivity contribution in [1.29, 1.82) is 0 Å². The van der Waals surface area contributed by atoms with Crippen LogP contribution in [0.3, 0.4) is 0 Å². The highest BCUT2D eigenvalue weighted by Gasteiger charge is 2.47. The van der Waals surface area contributed by atoms with Crippen LogP contribution in [-0.2, 0) is 10.5 Å². The number of nitrogens with zero attached hydrogens (tertiary/aromatic N) is 4. The molecular weight excluding hydrogens is 636 g/mol. The number of unbranched alkanes of at least 4 members (excludes halogenated alkanes) is 2. The number of aromatic nitrogens is 3. The third kappa shape index (κ3) is 7.21. The van der Waals surface area contributed by atoms with E-state index in [-0.39, 0.29) is 16.5 Å². The summed E-state index contributed by atoms with van der Waals surface area (Å²) in [4.78, 5) is 33.8. The quantitative estimate of drug-likeness (QED) is 0.0622. The number of ether oxygens (including phenoxy) is 2. The summed E-state index contributed by atoms with van der Waals surface area (Å²) in [5.74, 6) is -0.667. The predicted octanol–water partition coefficient (Wildman–Crippen LogP) is 7.79. The van der Waals surface area contributed by atoms with Crippen LogP contribution >= 0.6 is 34.4 Å². The van der Waals surface area contributed by atoms with Crippen molar-refractivity contribution in [3.63, 3.8) is 0 Å². The molecule has 0 aliphatic carbocycles. The number of aliphatic hydroxyl groups excluding tert-OH is 1. The van der Waals surface area contributed by atoms with Crippen molar-refractivity contribution in [3.05, 3.63) is 86.3 Å². The van der Waals surface area contributed by atoms with Gasteiger partial charge in [-0.25, -0.2) is 9.37 Å². The van der Waals surface area contributed by atoms with E-state index in [1.54, 1.807) is 44.2 Å². The Hall–Kier alpha value is -3.81. The number of ketones is 1. The van der Waals surface area contributed by atoms with Crippen LogP contribution < -0.4 is 14.4 Å². The number of Topliss-reactive ketones (excluding diaryl/α,β-unsaturated/α-hetero) is 1. The molecule has 1 unspecified atom stereocenters. The second-order valence-electron chi connectivity index (χ2n) is 10.3. The van der Waals surface area contributed by atoms with Crippen LogP contribution in [-0.4, -0.2) is 45.2 Å². The van der Waals surface area contributed by atoms with Gasteiger partial charge in [0, 0.05) is 5.75 Å². The van der Waals surface area contributed by atoms with Crippen molar-refractivity contribution in [2.75, 3.05) is 18.1 Å². The van der Waals surface area contributed by atoms with Crippen LogP contribution in [0.25, 0.3) is 0 Å². The predicted molar refractivity (Wildman–Crippen MR) is 174 cm³/mol. The van der Waals surface area contributed by atoms with Crippen LogP contribution in [0.4, 0.5) is 9.52 Å². The number of carbonyl (C=O) groups is 2. The highest BCUT2D eigenvalue weighted by molar-refractivity contribution is 8.00. The highest BCUT2D eigenvalue weighted by Crippen LogP contribution is 2.46. The molecule has 0 saturated carbocycles. The van der Waals surface area contributed by atoms with Crippen LogP contribution in [0.15, 0.2) is 58.1 Å². The van der Waals surface area contributed by atoms with Gasteiger partial charge in [-0.1, -0.05) is 61.1 Å². The minimum atomic E-state index is -1.01. The summed E-state index contributed by atoms with van der Waals surface area (Å²) in [5, 5.41) is 20.7. The summed E-state index contributed by atoms with van der Waals surface area (Å²) in [5.41, 5.74) is 1.89. The van der Waals surface area contributed by atoms with Crippen molar-refractivity contribution < 1.29 is 28.6 Å². The summed E-state index contributed by atoms with van der Waals surface area (Å²) in [6.45, 7) is 8.41. The molecule has 45 heavy (non-hydrogen) atoms. The van der Waals surface area contributed by atoms with Crippen molar-refractivity contribution in [1.82, 2.24) is 15.2 Å². The van der Waals surface area contributed by atoms with Gasteiger partial charge in [0.15, 0.2) is 21.6 Å². The second-order valence-corrected chi connectivity index (χ2v) is 13.7. The normalized spacial score (nSPS) is 14.8. The summed E-state index contributed by atoms with van der Waals surface area (Å²) in [7, 11) is 0. The summed E-state index contributed by atoms with van der Waals surface area (Å²) >= 11 is 3.76. The Kier molecular flexibility index (Phi) is 10.5. The first-order chi connectivity index (χ1) is 21.7. The number of hydrogen-bond acceptors (Lipinski definition) is 11. The van der Waals surface area contributed by atoms with E-state index in [9.17, 15) is 19.1 Å². The molecule has 1 amide bonds. The lowest BCUT2D eigenvalue weighted by Crippen LogP contribution is -2.31. The molecule has 13 heteroatoms. The van der Waals surface area contributed by atoms with Crippen LogP contribution in [0.5, 0.6) is 11.5 Å². The lowest BCUT2D eigenvalue weighted by molar-refractivity contribution is -0.117. The number of amides is 1. The summed E-state index contributed by atoms with van der Waals surface area (Å²) in [6, 6.07) is 10.4. The van der Waals surface area contributed by atoms with E-state index in [4.69, 9.17) is 9.47 Å². The van der Waals surface area contributed by atoms with Gasteiger partial charge in [-0.15, -0.1) is 21.5 Å². The molecule has 5 rings (SSSR count). The minimum absolute atomic E-state index is 0.0680. The smallest absolute Gasteiger partial charge is 0.296 e. The molecule has 1 aliphatic heterocycles. The first-order valence-corrected chi connectivity index (χ1v) is 17.2. The fraction of sp³-hybridized carbons (Fsp3) is 0.344. The van der Waals surface area contributed by atoms with E-state index in [0.29, 0.717) is 55.9 Å². The van der Waals surface area contributed by atoms with Gasteiger partial charge in [-0.3, -0.25) is 14.5 Å². The molecule has 0 bridgehead atoms. The molecule has 1 atom stereocenters. The van der Waals surface area contributed by atoms with Crippen molar-refractivity contribution >= 4 is 51.3 Å². The molecule has 2 aromatic heterocycles. The number of benzene rings is 2. The molecule has 2 aromatic carbocycles. The molecule has 1 aliphatic rings. The van der Waals surface area contributed by atoms with Crippen molar-refractivity contribution in [3.8, 4) is 11.5 Å². The maximum Gasteiger partial charge on any atom is 0.296 e. The molecule has 0 saturated heterocycles. The zero-order chi connectivity index (χ0) is 32.1. The van der Waals surface area contributed by atoms with E-state index in [2.05, 4.69) is 22.1 Å². The van der Waals surface area contributed by atoms with Gasteiger partial charge in [-0.2, -0.15) is 0 Å². The van der Waals surface area contributed by atoms with Gasteiger partial charge in [0.05, 0.1) is 40.4 Å². The number of thioether (sulfide) groups is 1. The van der Waals surface area contributed by atoms with Gasteiger partial charge < -0.3 is 14.6 Å². The third-order valence-electron chi connectivity index (χ3n) is 7.03. The third-order valence-corrected chi connectivity index (χ3v) is 10.2. The number of aryl methyl sites for hydroxylation is 2. The van der Waals surface area contributed by atoms with Gasteiger partial charge in [-0.05, 0) is 62.6 Å². The molecule has 0 fully saturated rings. The number of aliphatic hydroxyl groups is 1. The van der Waals surface area contributed by atoms with Crippen LogP contribution in [0, 0.1) is 19.7 Å². The Morgan fingerprint density at radius 1 is 1.04 bits per heavy atom. The van der Waals surface area contributed by atoms with Gasteiger partial charge in [0.2, 0.25) is 10.9 Å². The Morgan fingerprint density at radius 3 is 2.51 bits per heavy atom. The van der Waals surface area contributed by atoms with Crippen LogP contribution in [0.2, 0.25) is 0 Å². The average molecular weight is 669 g/mol. The largest absolute Gasteiger partial charge is 0.503 e. The van der Waals surface area contributed by atoms with Crippen LogP contribution in [0.1, 0.15) is 70.7 Å². The average Bonchev–Trinajstić information content (AvgIpc) is 3.70. The SMILES string of the molecule is CCCCCOc1ccc(C2C(C(=O)c3sc(C)nc3C)=C(O)C(=O)N2c2nnc(SCc3ccc(F)cc3)s2)cc1OCC.